The second-order valence-corrected chi connectivity index (χ2v) is 7.73. The van der Waals surface area contributed by atoms with Crippen LogP contribution in [0.5, 0.6) is 0 Å². The van der Waals surface area contributed by atoms with Crippen LogP contribution in [-0.2, 0) is 12.6 Å². The molecule has 0 radical (unpaired) electrons. The molecule has 2 N–H and O–H groups in total. The van der Waals surface area contributed by atoms with Crippen LogP contribution in [0.1, 0.15) is 45.8 Å². The van der Waals surface area contributed by atoms with Gasteiger partial charge in [0.25, 0.3) is 11.8 Å². The molecule has 2 aromatic carbocycles. The van der Waals surface area contributed by atoms with Crippen LogP contribution in [0.2, 0.25) is 5.02 Å². The van der Waals surface area contributed by atoms with Gasteiger partial charge in [-0.05, 0) is 55.2 Å². The summed E-state index contributed by atoms with van der Waals surface area (Å²) in [6.07, 6.45) is 6.16. The van der Waals surface area contributed by atoms with Gasteiger partial charge in [0.1, 0.15) is 0 Å². The molecule has 3 aromatic rings. The first kappa shape index (κ1) is 19.2. The van der Waals surface area contributed by atoms with Gasteiger partial charge in [0.15, 0.2) is 5.82 Å². The van der Waals surface area contributed by atoms with Crippen LogP contribution >= 0.6 is 11.6 Å². The van der Waals surface area contributed by atoms with Crippen LogP contribution < -0.4 is 10.6 Å². The topological polar surface area (TPSA) is 76.0 Å². The molecule has 2 amide bonds. The van der Waals surface area contributed by atoms with E-state index in [2.05, 4.69) is 15.6 Å². The third kappa shape index (κ3) is 3.89. The minimum atomic E-state index is -0.390. The van der Waals surface area contributed by atoms with Gasteiger partial charge < -0.3 is 15.2 Å². The third-order valence-corrected chi connectivity index (χ3v) is 5.60. The van der Waals surface area contributed by atoms with E-state index in [1.807, 2.05) is 24.3 Å². The molecular formula is C22H21ClN4O2. The van der Waals surface area contributed by atoms with Crippen molar-refractivity contribution in [2.75, 3.05) is 5.32 Å². The van der Waals surface area contributed by atoms with E-state index in [1.54, 1.807) is 48.3 Å². The highest BCUT2D eigenvalue weighted by molar-refractivity contribution is 6.31. The average Bonchev–Trinajstić information content (AvgIpc) is 3.11. The Bertz CT molecular complexity index is 1050. The molecule has 1 saturated carbocycles. The van der Waals surface area contributed by atoms with Gasteiger partial charge in [-0.3, -0.25) is 9.59 Å². The Hall–Kier alpha value is -3.12. The van der Waals surface area contributed by atoms with Crippen molar-refractivity contribution in [3.63, 3.8) is 0 Å². The molecule has 7 heteroatoms. The molecule has 1 aliphatic rings. The van der Waals surface area contributed by atoms with E-state index >= 15 is 0 Å². The first-order valence-corrected chi connectivity index (χ1v) is 9.82. The lowest BCUT2D eigenvalue weighted by Crippen LogP contribution is -2.51. The minimum absolute atomic E-state index is 0.185. The second kappa shape index (κ2) is 7.72. The van der Waals surface area contributed by atoms with Gasteiger partial charge in [0, 0.05) is 35.7 Å². The lowest BCUT2D eigenvalue weighted by molar-refractivity contribution is 0.0809. The van der Waals surface area contributed by atoms with Crippen molar-refractivity contribution in [1.82, 2.24) is 14.9 Å². The first-order chi connectivity index (χ1) is 14.0. The Labute approximate surface area is 173 Å². The van der Waals surface area contributed by atoms with E-state index in [0.717, 1.165) is 24.8 Å². The Morgan fingerprint density at radius 2 is 1.86 bits per heavy atom. The van der Waals surface area contributed by atoms with E-state index in [9.17, 15) is 9.59 Å². The molecule has 6 nitrogen and oxygen atoms in total. The van der Waals surface area contributed by atoms with E-state index < -0.39 is 5.54 Å². The fraction of sp³-hybridized carbons (Fsp3) is 0.227. The highest BCUT2D eigenvalue weighted by Crippen LogP contribution is 2.41. The fourth-order valence-corrected chi connectivity index (χ4v) is 3.77. The molecule has 1 fully saturated rings. The Kier molecular flexibility index (Phi) is 5.11. The number of nitrogens with zero attached hydrogens (tertiary/aromatic N) is 2. The molecular weight excluding hydrogens is 388 g/mol. The highest BCUT2D eigenvalue weighted by atomic mass is 35.5. The maximum Gasteiger partial charge on any atom is 0.287 e. The monoisotopic (exact) mass is 408 g/mol. The van der Waals surface area contributed by atoms with Crippen LogP contribution in [0.15, 0.2) is 60.9 Å². The van der Waals surface area contributed by atoms with Crippen molar-refractivity contribution < 1.29 is 9.59 Å². The van der Waals surface area contributed by atoms with Gasteiger partial charge in [-0.1, -0.05) is 29.8 Å². The van der Waals surface area contributed by atoms with Crippen molar-refractivity contribution in [3.8, 4) is 0 Å². The maximum atomic E-state index is 12.6. The number of rotatable bonds is 5. The smallest absolute Gasteiger partial charge is 0.287 e. The van der Waals surface area contributed by atoms with Gasteiger partial charge >= 0.3 is 0 Å². The van der Waals surface area contributed by atoms with Crippen molar-refractivity contribution >= 4 is 29.1 Å². The number of benzene rings is 2. The van der Waals surface area contributed by atoms with Gasteiger partial charge in [-0.15, -0.1) is 0 Å². The Balaban J connectivity index is 1.48. The summed E-state index contributed by atoms with van der Waals surface area (Å²) in [6.45, 7) is 0. The molecule has 1 aliphatic carbocycles. The average molecular weight is 409 g/mol. The Morgan fingerprint density at radius 1 is 1.10 bits per heavy atom. The van der Waals surface area contributed by atoms with Gasteiger partial charge in [0.05, 0.1) is 5.54 Å². The quantitative estimate of drug-likeness (QED) is 0.666. The molecule has 0 atom stereocenters. The summed E-state index contributed by atoms with van der Waals surface area (Å²) in [5.41, 5.74) is 1.81. The van der Waals surface area contributed by atoms with E-state index in [0.29, 0.717) is 22.1 Å². The standard InChI is InChI=1S/C22H21ClN4O2/c1-27-13-12-24-19(27)21(29)26-22(10-3-11-22)16-6-8-18(9-7-16)25-20(28)15-4-2-5-17(23)14-15/h2,4-9,12-14H,3,10-11H2,1H3,(H,25,28)(H,26,29). The molecule has 4 rings (SSSR count). The predicted octanol–water partition coefficient (Wildman–Crippen LogP) is 4.14. The molecule has 0 aliphatic heterocycles. The number of carbonyl (C=O) groups is 2. The van der Waals surface area contributed by atoms with Crippen LogP contribution in [0.4, 0.5) is 5.69 Å². The number of aromatic nitrogens is 2. The number of imidazole rings is 1. The van der Waals surface area contributed by atoms with Crippen LogP contribution in [-0.4, -0.2) is 21.4 Å². The lowest BCUT2D eigenvalue weighted by Gasteiger charge is -2.43. The van der Waals surface area contributed by atoms with Crippen LogP contribution in [0, 0.1) is 0 Å². The Morgan fingerprint density at radius 3 is 2.45 bits per heavy atom. The number of halogens is 1. The molecule has 0 bridgehead atoms. The van der Waals surface area contributed by atoms with E-state index in [4.69, 9.17) is 11.6 Å². The zero-order valence-corrected chi connectivity index (χ0v) is 16.7. The lowest BCUT2D eigenvalue weighted by atomic mass is 9.71. The summed E-state index contributed by atoms with van der Waals surface area (Å²) in [5.74, 6) is -0.0149. The van der Waals surface area contributed by atoms with Gasteiger partial charge in [-0.2, -0.15) is 0 Å². The molecule has 0 unspecified atom stereocenters. The van der Waals surface area contributed by atoms with Crippen molar-refractivity contribution in [1.29, 1.82) is 0 Å². The number of hydrogen-bond acceptors (Lipinski definition) is 3. The largest absolute Gasteiger partial charge is 0.340 e. The van der Waals surface area contributed by atoms with Crippen LogP contribution in [0.25, 0.3) is 0 Å². The summed E-state index contributed by atoms with van der Waals surface area (Å²) in [6, 6.07) is 14.4. The van der Waals surface area contributed by atoms with Gasteiger partial charge in [-0.25, -0.2) is 4.98 Å². The molecule has 29 heavy (non-hydrogen) atoms. The summed E-state index contributed by atoms with van der Waals surface area (Å²) < 4.78 is 1.70. The van der Waals surface area contributed by atoms with Crippen molar-refractivity contribution in [2.24, 2.45) is 7.05 Å². The minimum Gasteiger partial charge on any atom is -0.340 e. The number of hydrogen-bond donors (Lipinski definition) is 2. The predicted molar refractivity (Wildman–Crippen MR) is 112 cm³/mol. The maximum absolute atomic E-state index is 12.6. The molecule has 0 saturated heterocycles. The number of nitrogens with one attached hydrogen (secondary N) is 2. The number of aryl methyl sites for hydroxylation is 1. The zero-order chi connectivity index (χ0) is 20.4. The number of anilines is 1. The second-order valence-electron chi connectivity index (χ2n) is 7.29. The SMILES string of the molecule is Cn1ccnc1C(=O)NC1(c2ccc(NC(=O)c3cccc(Cl)c3)cc2)CCC1. The molecule has 1 aromatic heterocycles. The summed E-state index contributed by atoms with van der Waals surface area (Å²) in [7, 11) is 1.80. The first-order valence-electron chi connectivity index (χ1n) is 9.44. The van der Waals surface area contributed by atoms with E-state index in [-0.39, 0.29) is 11.8 Å². The molecule has 0 spiro atoms. The summed E-state index contributed by atoms with van der Waals surface area (Å²) in [4.78, 5) is 29.2. The molecule has 1 heterocycles. The summed E-state index contributed by atoms with van der Waals surface area (Å²) >= 11 is 5.95. The normalized spacial score (nSPS) is 14.7. The van der Waals surface area contributed by atoms with Crippen LogP contribution in [0.3, 0.4) is 0 Å². The van der Waals surface area contributed by atoms with Crippen molar-refractivity contribution in [2.45, 2.75) is 24.8 Å². The van der Waals surface area contributed by atoms with Crippen molar-refractivity contribution in [3.05, 3.63) is 82.9 Å². The highest BCUT2D eigenvalue weighted by Gasteiger charge is 2.40. The molecule has 148 valence electrons. The van der Waals surface area contributed by atoms with Gasteiger partial charge in [0.2, 0.25) is 0 Å². The number of carbonyl (C=O) groups excluding carboxylic acids is 2. The zero-order valence-electron chi connectivity index (χ0n) is 16.0. The third-order valence-electron chi connectivity index (χ3n) is 5.37. The van der Waals surface area contributed by atoms with E-state index in [1.165, 1.54) is 0 Å². The summed E-state index contributed by atoms with van der Waals surface area (Å²) in [5, 5.41) is 6.55. The fourth-order valence-electron chi connectivity index (χ4n) is 3.58. The number of amides is 2.